The number of rotatable bonds is 5. The van der Waals surface area contributed by atoms with Crippen molar-refractivity contribution in [3.05, 3.63) is 59.7 Å². The Kier molecular flexibility index (Phi) is 5.18. The maximum Gasteiger partial charge on any atom is 0.262 e. The topological polar surface area (TPSA) is 119 Å². The normalized spacial score (nSPS) is 13.5. The first-order valence-corrected chi connectivity index (χ1v) is 8.47. The molecule has 2 aromatic rings. The number of nitriles is 1. The second kappa shape index (κ2) is 7.72. The van der Waals surface area contributed by atoms with Crippen LogP contribution >= 0.6 is 0 Å². The monoisotopic (exact) mass is 376 g/mol. The summed E-state index contributed by atoms with van der Waals surface area (Å²) in [4.78, 5) is 50.0. The van der Waals surface area contributed by atoms with Crippen LogP contribution in [0.25, 0.3) is 0 Å². The van der Waals surface area contributed by atoms with Crippen LogP contribution < -0.4 is 10.6 Å². The van der Waals surface area contributed by atoms with E-state index in [1.54, 1.807) is 48.5 Å². The predicted molar refractivity (Wildman–Crippen MR) is 100 cm³/mol. The minimum Gasteiger partial charge on any atom is -0.325 e. The summed E-state index contributed by atoms with van der Waals surface area (Å²) in [6, 6.07) is 13.5. The summed E-state index contributed by atoms with van der Waals surface area (Å²) >= 11 is 0. The van der Waals surface area contributed by atoms with Crippen LogP contribution in [0.15, 0.2) is 48.5 Å². The summed E-state index contributed by atoms with van der Waals surface area (Å²) in [5.41, 5.74) is 1.33. The molecule has 0 bridgehead atoms. The fraction of sp³-hybridized carbons (Fsp3) is 0.150. The minimum atomic E-state index is -1.02. The number of imide groups is 1. The standard InChI is InChI=1S/C20H16N4O4/c1-12(24-19(27)15-7-2-3-8-16(15)20(24)28)18(26)23-14-6-4-5-13(11-14)22-17(25)9-10-21/h2-8,11-12H,9H2,1H3,(H,22,25)(H,23,26). The largest absolute Gasteiger partial charge is 0.325 e. The molecule has 8 heteroatoms. The molecular weight excluding hydrogens is 360 g/mol. The fourth-order valence-corrected chi connectivity index (χ4v) is 2.88. The Morgan fingerprint density at radius 1 is 1.00 bits per heavy atom. The first-order valence-electron chi connectivity index (χ1n) is 8.47. The van der Waals surface area contributed by atoms with Gasteiger partial charge in [0.2, 0.25) is 11.8 Å². The van der Waals surface area contributed by atoms with Crippen LogP contribution in [0.1, 0.15) is 34.1 Å². The molecule has 8 nitrogen and oxygen atoms in total. The lowest BCUT2D eigenvalue weighted by Gasteiger charge is -2.21. The third-order valence-corrected chi connectivity index (χ3v) is 4.25. The van der Waals surface area contributed by atoms with Crippen molar-refractivity contribution < 1.29 is 19.2 Å². The molecule has 0 aliphatic carbocycles. The summed E-state index contributed by atoms with van der Waals surface area (Å²) in [7, 11) is 0. The number of nitrogens with zero attached hydrogens (tertiary/aromatic N) is 2. The number of nitrogens with one attached hydrogen (secondary N) is 2. The van der Waals surface area contributed by atoms with Gasteiger partial charge in [0, 0.05) is 11.4 Å². The molecular formula is C20H16N4O4. The lowest BCUT2D eigenvalue weighted by Crippen LogP contribution is -2.45. The van der Waals surface area contributed by atoms with Gasteiger partial charge in [0.25, 0.3) is 11.8 Å². The van der Waals surface area contributed by atoms with Gasteiger partial charge < -0.3 is 10.6 Å². The van der Waals surface area contributed by atoms with E-state index in [9.17, 15) is 19.2 Å². The molecule has 1 aliphatic rings. The molecule has 2 aromatic carbocycles. The highest BCUT2D eigenvalue weighted by Crippen LogP contribution is 2.25. The highest BCUT2D eigenvalue weighted by atomic mass is 16.2. The maximum atomic E-state index is 12.6. The zero-order valence-corrected chi connectivity index (χ0v) is 14.9. The Morgan fingerprint density at radius 2 is 1.57 bits per heavy atom. The summed E-state index contributed by atoms with van der Waals surface area (Å²) < 4.78 is 0. The van der Waals surface area contributed by atoms with E-state index in [1.807, 2.05) is 0 Å². The first-order chi connectivity index (χ1) is 13.4. The van der Waals surface area contributed by atoms with Crippen LogP contribution in [0.4, 0.5) is 11.4 Å². The number of carbonyl (C=O) groups is 4. The average Bonchev–Trinajstić information content (AvgIpc) is 2.92. The lowest BCUT2D eigenvalue weighted by atomic mass is 10.1. The zero-order chi connectivity index (χ0) is 20.3. The predicted octanol–water partition coefficient (Wildman–Crippen LogP) is 2.16. The van der Waals surface area contributed by atoms with Gasteiger partial charge in [-0.15, -0.1) is 0 Å². The molecule has 1 unspecified atom stereocenters. The van der Waals surface area contributed by atoms with E-state index in [-0.39, 0.29) is 17.5 Å². The van der Waals surface area contributed by atoms with Crippen LogP contribution in [0.5, 0.6) is 0 Å². The Morgan fingerprint density at radius 3 is 2.14 bits per heavy atom. The fourth-order valence-electron chi connectivity index (χ4n) is 2.88. The van der Waals surface area contributed by atoms with E-state index in [0.29, 0.717) is 11.4 Å². The van der Waals surface area contributed by atoms with Crippen molar-refractivity contribution in [2.24, 2.45) is 0 Å². The van der Waals surface area contributed by atoms with Gasteiger partial charge in [0.05, 0.1) is 17.2 Å². The third kappa shape index (κ3) is 3.59. The molecule has 0 spiro atoms. The van der Waals surface area contributed by atoms with Crippen LogP contribution in [0.3, 0.4) is 0 Å². The molecule has 0 fully saturated rings. The first kappa shape index (κ1) is 18.8. The Bertz CT molecular complexity index is 990. The second-order valence-corrected chi connectivity index (χ2v) is 6.15. The van der Waals surface area contributed by atoms with Gasteiger partial charge in [-0.05, 0) is 37.3 Å². The van der Waals surface area contributed by atoms with Gasteiger partial charge in [-0.2, -0.15) is 5.26 Å². The van der Waals surface area contributed by atoms with E-state index >= 15 is 0 Å². The van der Waals surface area contributed by atoms with Gasteiger partial charge in [-0.1, -0.05) is 18.2 Å². The third-order valence-electron chi connectivity index (χ3n) is 4.25. The van der Waals surface area contributed by atoms with E-state index in [0.717, 1.165) is 4.90 Å². The highest BCUT2D eigenvalue weighted by Gasteiger charge is 2.40. The maximum absolute atomic E-state index is 12.6. The molecule has 0 aromatic heterocycles. The number of fused-ring (bicyclic) bond motifs is 1. The van der Waals surface area contributed by atoms with Crippen LogP contribution in [0, 0.1) is 11.3 Å². The molecule has 1 heterocycles. The number of anilines is 2. The lowest BCUT2D eigenvalue weighted by molar-refractivity contribution is -0.119. The molecule has 4 amide bonds. The number of amides is 4. The van der Waals surface area contributed by atoms with E-state index in [4.69, 9.17) is 5.26 Å². The summed E-state index contributed by atoms with van der Waals surface area (Å²) in [6.07, 6.45) is -0.284. The minimum absolute atomic E-state index is 0.273. The summed E-state index contributed by atoms with van der Waals surface area (Å²) in [5, 5.41) is 13.7. The van der Waals surface area contributed by atoms with Crippen molar-refractivity contribution in [1.29, 1.82) is 5.26 Å². The molecule has 3 rings (SSSR count). The Hall–Kier alpha value is -3.99. The second-order valence-electron chi connectivity index (χ2n) is 6.15. The zero-order valence-electron chi connectivity index (χ0n) is 14.9. The number of hydrogen-bond donors (Lipinski definition) is 2. The highest BCUT2D eigenvalue weighted by molar-refractivity contribution is 6.23. The van der Waals surface area contributed by atoms with E-state index < -0.39 is 29.7 Å². The average molecular weight is 376 g/mol. The van der Waals surface area contributed by atoms with E-state index in [2.05, 4.69) is 10.6 Å². The quantitative estimate of drug-likeness (QED) is 0.775. The van der Waals surface area contributed by atoms with Gasteiger partial charge in [-0.25, -0.2) is 0 Å². The van der Waals surface area contributed by atoms with Gasteiger partial charge in [0.15, 0.2) is 0 Å². The molecule has 0 radical (unpaired) electrons. The molecule has 1 aliphatic heterocycles. The molecule has 1 atom stereocenters. The molecule has 140 valence electrons. The van der Waals surface area contributed by atoms with Crippen LogP contribution in [-0.4, -0.2) is 34.6 Å². The molecule has 2 N–H and O–H groups in total. The Balaban J connectivity index is 1.72. The summed E-state index contributed by atoms with van der Waals surface area (Å²) in [5.74, 6) is -2.04. The van der Waals surface area contributed by atoms with Crippen molar-refractivity contribution in [2.75, 3.05) is 10.6 Å². The van der Waals surface area contributed by atoms with Crippen LogP contribution in [-0.2, 0) is 9.59 Å². The number of carbonyl (C=O) groups excluding carboxylic acids is 4. The SMILES string of the molecule is CC(C(=O)Nc1cccc(NC(=O)CC#N)c1)N1C(=O)c2ccccc2C1=O. The molecule has 0 saturated carbocycles. The van der Waals surface area contributed by atoms with Gasteiger partial charge in [0.1, 0.15) is 12.5 Å². The molecule has 28 heavy (non-hydrogen) atoms. The number of hydrogen-bond acceptors (Lipinski definition) is 5. The van der Waals surface area contributed by atoms with E-state index in [1.165, 1.54) is 13.0 Å². The van der Waals surface area contributed by atoms with Crippen molar-refractivity contribution >= 4 is 35.0 Å². The van der Waals surface area contributed by atoms with Crippen LogP contribution in [0.2, 0.25) is 0 Å². The van der Waals surface area contributed by atoms with Crippen molar-refractivity contribution in [3.8, 4) is 6.07 Å². The molecule has 0 saturated heterocycles. The van der Waals surface area contributed by atoms with Gasteiger partial charge in [-0.3, -0.25) is 24.1 Å². The smallest absolute Gasteiger partial charge is 0.262 e. The summed E-state index contributed by atoms with van der Waals surface area (Å²) in [6.45, 7) is 1.47. The van der Waals surface area contributed by atoms with Crippen molar-refractivity contribution in [1.82, 2.24) is 4.90 Å². The van der Waals surface area contributed by atoms with Gasteiger partial charge >= 0.3 is 0 Å². The Labute approximate surface area is 160 Å². The van der Waals surface area contributed by atoms with Crippen molar-refractivity contribution in [3.63, 3.8) is 0 Å². The number of benzene rings is 2. The van der Waals surface area contributed by atoms with Crippen molar-refractivity contribution in [2.45, 2.75) is 19.4 Å².